The lowest BCUT2D eigenvalue weighted by Gasteiger charge is -2.20. The van der Waals surface area contributed by atoms with E-state index in [1.54, 1.807) is 0 Å². The van der Waals surface area contributed by atoms with Crippen molar-refractivity contribution < 1.29 is 14.0 Å². The number of nitrogens with one attached hydrogen (secondary N) is 2. The van der Waals surface area contributed by atoms with Crippen LogP contribution in [0.5, 0.6) is 0 Å². The molecular weight excluding hydrogens is 249 g/mol. The number of hydrogen-bond donors (Lipinski definition) is 3. The smallest absolute Gasteiger partial charge is 0.253 e. The molecule has 2 amide bonds. The predicted octanol–water partition coefficient (Wildman–Crippen LogP) is 1.05. The molecule has 5 nitrogen and oxygen atoms in total. The molecule has 104 valence electrons. The van der Waals surface area contributed by atoms with Crippen LogP contribution >= 0.6 is 0 Å². The molecule has 4 N–H and O–H groups in total. The molecule has 1 aromatic rings. The Kier molecular flexibility index (Phi) is 4.47. The first kappa shape index (κ1) is 14.9. The van der Waals surface area contributed by atoms with Gasteiger partial charge in [0.25, 0.3) is 5.91 Å². The van der Waals surface area contributed by atoms with Crippen LogP contribution in [0.15, 0.2) is 18.2 Å². The van der Waals surface area contributed by atoms with Crippen molar-refractivity contribution in [2.24, 2.45) is 0 Å². The SMILES string of the molecule is CC(C)(C)NC(=O)CNC(=O)c1cccc(F)c1N. The molecule has 0 spiro atoms. The first-order valence-corrected chi connectivity index (χ1v) is 5.84. The number of carbonyl (C=O) groups is 2. The van der Waals surface area contributed by atoms with Crippen molar-refractivity contribution in [2.45, 2.75) is 26.3 Å². The van der Waals surface area contributed by atoms with Gasteiger partial charge in [-0.05, 0) is 32.9 Å². The average Bonchev–Trinajstić information content (AvgIpc) is 2.27. The van der Waals surface area contributed by atoms with Crippen LogP contribution < -0.4 is 16.4 Å². The average molecular weight is 267 g/mol. The number of amides is 2. The molecule has 1 aromatic carbocycles. The van der Waals surface area contributed by atoms with Gasteiger partial charge in [-0.25, -0.2) is 4.39 Å². The van der Waals surface area contributed by atoms with Crippen LogP contribution in [0.25, 0.3) is 0 Å². The van der Waals surface area contributed by atoms with Crippen molar-refractivity contribution in [3.8, 4) is 0 Å². The van der Waals surface area contributed by atoms with Gasteiger partial charge >= 0.3 is 0 Å². The predicted molar refractivity (Wildman–Crippen MR) is 71.0 cm³/mol. The summed E-state index contributed by atoms with van der Waals surface area (Å²) < 4.78 is 13.2. The van der Waals surface area contributed by atoms with E-state index >= 15 is 0 Å². The zero-order chi connectivity index (χ0) is 14.6. The molecule has 0 fully saturated rings. The number of para-hydroxylation sites is 1. The van der Waals surface area contributed by atoms with Gasteiger partial charge in [0.05, 0.1) is 17.8 Å². The number of nitrogens with two attached hydrogens (primary N) is 1. The molecule has 6 heteroatoms. The highest BCUT2D eigenvalue weighted by atomic mass is 19.1. The van der Waals surface area contributed by atoms with Gasteiger partial charge in [-0.15, -0.1) is 0 Å². The third kappa shape index (κ3) is 4.57. The standard InChI is InChI=1S/C13H18FN3O2/c1-13(2,3)17-10(18)7-16-12(19)8-5-4-6-9(14)11(8)15/h4-6H,7,15H2,1-3H3,(H,16,19)(H,17,18). The molecule has 0 unspecified atom stereocenters. The topological polar surface area (TPSA) is 84.2 Å². The lowest BCUT2D eigenvalue weighted by Crippen LogP contribution is -2.45. The molecule has 0 atom stereocenters. The first-order chi connectivity index (χ1) is 8.70. The maximum Gasteiger partial charge on any atom is 0.253 e. The second-order valence-corrected chi connectivity index (χ2v) is 5.18. The summed E-state index contributed by atoms with van der Waals surface area (Å²) in [4.78, 5) is 23.3. The second kappa shape index (κ2) is 5.69. The quantitative estimate of drug-likeness (QED) is 0.716. The van der Waals surface area contributed by atoms with Crippen LogP contribution in [0.1, 0.15) is 31.1 Å². The van der Waals surface area contributed by atoms with E-state index in [2.05, 4.69) is 10.6 Å². The molecule has 19 heavy (non-hydrogen) atoms. The van der Waals surface area contributed by atoms with Crippen molar-refractivity contribution in [1.29, 1.82) is 0 Å². The lowest BCUT2D eigenvalue weighted by molar-refractivity contribution is -0.121. The van der Waals surface area contributed by atoms with Crippen molar-refractivity contribution in [3.63, 3.8) is 0 Å². The summed E-state index contributed by atoms with van der Waals surface area (Å²) in [6.07, 6.45) is 0. The van der Waals surface area contributed by atoms with Gasteiger partial charge in [0.1, 0.15) is 5.82 Å². The van der Waals surface area contributed by atoms with E-state index < -0.39 is 11.7 Å². The fourth-order valence-electron chi connectivity index (χ4n) is 1.45. The highest BCUT2D eigenvalue weighted by Crippen LogP contribution is 2.15. The van der Waals surface area contributed by atoms with Crippen LogP contribution in [0.2, 0.25) is 0 Å². The van der Waals surface area contributed by atoms with Crippen molar-refractivity contribution in [1.82, 2.24) is 10.6 Å². The number of hydrogen-bond acceptors (Lipinski definition) is 3. The highest BCUT2D eigenvalue weighted by molar-refractivity contribution is 6.00. The second-order valence-electron chi connectivity index (χ2n) is 5.18. The summed E-state index contributed by atoms with van der Waals surface area (Å²) in [5.74, 6) is -1.57. The van der Waals surface area contributed by atoms with E-state index in [0.717, 1.165) is 0 Å². The summed E-state index contributed by atoms with van der Waals surface area (Å²) in [7, 11) is 0. The van der Waals surface area contributed by atoms with Crippen LogP contribution in [0, 0.1) is 5.82 Å². The zero-order valence-corrected chi connectivity index (χ0v) is 11.2. The Bertz CT molecular complexity index is 495. The van der Waals surface area contributed by atoms with Gasteiger partial charge in [-0.1, -0.05) is 6.07 Å². The fourth-order valence-corrected chi connectivity index (χ4v) is 1.45. The largest absolute Gasteiger partial charge is 0.396 e. The minimum atomic E-state index is -0.660. The van der Waals surface area contributed by atoms with Crippen LogP contribution in [0.3, 0.4) is 0 Å². The minimum absolute atomic E-state index is 0.0172. The van der Waals surface area contributed by atoms with Gasteiger partial charge in [-0.3, -0.25) is 9.59 Å². The van der Waals surface area contributed by atoms with Crippen LogP contribution in [0.4, 0.5) is 10.1 Å². The molecule has 0 heterocycles. The summed E-state index contributed by atoms with van der Waals surface area (Å²) >= 11 is 0. The third-order valence-electron chi connectivity index (χ3n) is 2.22. The summed E-state index contributed by atoms with van der Waals surface area (Å²) in [6, 6.07) is 3.95. The molecule has 0 aliphatic heterocycles. The highest BCUT2D eigenvalue weighted by Gasteiger charge is 2.16. The Hall–Kier alpha value is -2.11. The lowest BCUT2D eigenvalue weighted by atomic mass is 10.1. The summed E-state index contributed by atoms with van der Waals surface area (Å²) in [5.41, 5.74) is 4.87. The number of carbonyl (C=O) groups excluding carboxylic acids is 2. The summed E-state index contributed by atoms with van der Waals surface area (Å²) in [6.45, 7) is 5.30. The van der Waals surface area contributed by atoms with Crippen molar-refractivity contribution in [3.05, 3.63) is 29.6 Å². The maximum atomic E-state index is 13.2. The Balaban J connectivity index is 2.61. The van der Waals surface area contributed by atoms with Gasteiger partial charge in [-0.2, -0.15) is 0 Å². The van der Waals surface area contributed by atoms with E-state index in [0.29, 0.717) is 0 Å². The molecule has 1 rings (SSSR count). The molecule has 0 bridgehead atoms. The van der Waals surface area contributed by atoms with Crippen LogP contribution in [-0.4, -0.2) is 23.9 Å². The number of halogens is 1. The van der Waals surface area contributed by atoms with Crippen LogP contribution in [-0.2, 0) is 4.79 Å². The third-order valence-corrected chi connectivity index (χ3v) is 2.22. The molecule has 0 aliphatic carbocycles. The Morgan fingerprint density at radius 2 is 1.95 bits per heavy atom. The maximum absolute atomic E-state index is 13.2. The van der Waals surface area contributed by atoms with Crippen molar-refractivity contribution >= 4 is 17.5 Å². The molecule has 0 saturated carbocycles. The van der Waals surface area contributed by atoms with E-state index in [-0.39, 0.29) is 29.2 Å². The number of benzene rings is 1. The summed E-state index contributed by atoms with van der Waals surface area (Å²) in [5, 5.41) is 5.08. The monoisotopic (exact) mass is 267 g/mol. The van der Waals surface area contributed by atoms with E-state index in [1.807, 2.05) is 20.8 Å². The number of rotatable bonds is 3. The normalized spacial score (nSPS) is 10.9. The van der Waals surface area contributed by atoms with Gasteiger partial charge in [0.2, 0.25) is 5.91 Å². The molecule has 0 saturated heterocycles. The van der Waals surface area contributed by atoms with E-state index in [1.165, 1.54) is 18.2 Å². The van der Waals surface area contributed by atoms with E-state index in [4.69, 9.17) is 5.73 Å². The molecule has 0 radical (unpaired) electrons. The molecule has 0 aliphatic rings. The minimum Gasteiger partial charge on any atom is -0.396 e. The Labute approximate surface area is 111 Å². The van der Waals surface area contributed by atoms with Gasteiger partial charge < -0.3 is 16.4 Å². The van der Waals surface area contributed by atoms with E-state index in [9.17, 15) is 14.0 Å². The van der Waals surface area contributed by atoms with Gasteiger partial charge in [0.15, 0.2) is 0 Å². The Morgan fingerprint density at radius 3 is 2.53 bits per heavy atom. The molecule has 0 aromatic heterocycles. The van der Waals surface area contributed by atoms with Crippen molar-refractivity contribution in [2.75, 3.05) is 12.3 Å². The first-order valence-electron chi connectivity index (χ1n) is 5.84. The number of nitrogen functional groups attached to an aromatic ring is 1. The zero-order valence-electron chi connectivity index (χ0n) is 11.2. The fraction of sp³-hybridized carbons (Fsp3) is 0.385. The Morgan fingerprint density at radius 1 is 1.32 bits per heavy atom. The molecular formula is C13H18FN3O2. The van der Waals surface area contributed by atoms with Gasteiger partial charge in [0, 0.05) is 5.54 Å². The number of anilines is 1.